The molecule has 0 bridgehead atoms. The number of amides is 1. The van der Waals surface area contributed by atoms with Crippen LogP contribution in [0.2, 0.25) is 0 Å². The van der Waals surface area contributed by atoms with E-state index < -0.39 is 0 Å². The lowest BCUT2D eigenvalue weighted by atomic mass is 10.1. The first-order valence-electron chi connectivity index (χ1n) is 8.37. The maximum Gasteiger partial charge on any atom is 0.273 e. The van der Waals surface area contributed by atoms with Crippen molar-refractivity contribution in [1.29, 1.82) is 0 Å². The van der Waals surface area contributed by atoms with Crippen LogP contribution in [0.25, 0.3) is 11.3 Å². The van der Waals surface area contributed by atoms with Crippen LogP contribution in [0, 0.1) is 5.82 Å². The van der Waals surface area contributed by atoms with Gasteiger partial charge in [-0.25, -0.2) is 4.39 Å². The molecule has 0 unspecified atom stereocenters. The van der Waals surface area contributed by atoms with Crippen LogP contribution in [0.4, 0.5) is 4.39 Å². The Labute approximate surface area is 165 Å². The maximum absolute atomic E-state index is 13.1. The number of nitrogens with zero attached hydrogens (tertiary/aromatic N) is 2. The SMILES string of the molecule is CN(C)[C@H](CNC(=O)c1cc(-c2ccc(Br)cc2)on1)c1ccc(F)cc1. The molecule has 0 fully saturated rings. The number of carbonyl (C=O) groups excluding carboxylic acids is 1. The number of nitrogens with one attached hydrogen (secondary N) is 1. The van der Waals surface area contributed by atoms with Crippen LogP contribution >= 0.6 is 15.9 Å². The van der Waals surface area contributed by atoms with Crippen molar-refractivity contribution < 1.29 is 13.7 Å². The molecule has 0 aliphatic carbocycles. The van der Waals surface area contributed by atoms with Gasteiger partial charge in [-0.15, -0.1) is 0 Å². The zero-order valence-electron chi connectivity index (χ0n) is 14.9. The molecule has 3 aromatic rings. The number of carbonyl (C=O) groups is 1. The van der Waals surface area contributed by atoms with Crippen molar-refractivity contribution >= 4 is 21.8 Å². The van der Waals surface area contributed by atoms with Gasteiger partial charge in [0, 0.05) is 22.6 Å². The quantitative estimate of drug-likeness (QED) is 0.632. The third kappa shape index (κ3) is 4.81. The van der Waals surface area contributed by atoms with Crippen LogP contribution in [-0.2, 0) is 0 Å². The van der Waals surface area contributed by atoms with Crippen LogP contribution in [0.3, 0.4) is 0 Å². The Morgan fingerprint density at radius 2 is 1.85 bits per heavy atom. The second-order valence-electron chi connectivity index (χ2n) is 6.32. The van der Waals surface area contributed by atoms with Crippen LogP contribution < -0.4 is 5.32 Å². The monoisotopic (exact) mass is 431 g/mol. The Kier molecular flexibility index (Phi) is 6.03. The fourth-order valence-corrected chi connectivity index (χ4v) is 2.96. The molecule has 3 rings (SSSR count). The Morgan fingerprint density at radius 1 is 1.19 bits per heavy atom. The van der Waals surface area contributed by atoms with Crippen molar-refractivity contribution in [2.75, 3.05) is 20.6 Å². The zero-order valence-corrected chi connectivity index (χ0v) is 16.5. The van der Waals surface area contributed by atoms with E-state index in [2.05, 4.69) is 26.4 Å². The van der Waals surface area contributed by atoms with E-state index in [1.54, 1.807) is 18.2 Å². The molecule has 1 aromatic heterocycles. The second kappa shape index (κ2) is 8.45. The van der Waals surface area contributed by atoms with Crippen molar-refractivity contribution in [2.45, 2.75) is 6.04 Å². The summed E-state index contributed by atoms with van der Waals surface area (Å²) in [5.41, 5.74) is 1.96. The predicted molar refractivity (Wildman–Crippen MR) is 105 cm³/mol. The molecule has 0 aliphatic rings. The molecule has 1 N–H and O–H groups in total. The molecule has 0 aliphatic heterocycles. The second-order valence-corrected chi connectivity index (χ2v) is 7.24. The zero-order chi connectivity index (χ0) is 19.4. The number of halogens is 2. The smallest absolute Gasteiger partial charge is 0.273 e. The standard InChI is InChI=1S/C20H19BrFN3O2/c1-25(2)18(13-5-9-16(22)10-6-13)12-23-20(26)17-11-19(27-24-17)14-3-7-15(21)8-4-14/h3-11,18H,12H2,1-2H3,(H,23,26)/t18-/m1/s1. The van der Waals surface area contributed by atoms with E-state index in [1.807, 2.05) is 43.3 Å². The number of hydrogen-bond acceptors (Lipinski definition) is 4. The Bertz CT molecular complexity index is 908. The fourth-order valence-electron chi connectivity index (χ4n) is 2.70. The molecule has 0 spiro atoms. The van der Waals surface area contributed by atoms with Gasteiger partial charge in [-0.1, -0.05) is 45.4 Å². The average Bonchev–Trinajstić information content (AvgIpc) is 3.14. The topological polar surface area (TPSA) is 58.4 Å². The Balaban J connectivity index is 1.67. The fraction of sp³-hybridized carbons (Fsp3) is 0.200. The highest BCUT2D eigenvalue weighted by molar-refractivity contribution is 9.10. The van der Waals surface area contributed by atoms with E-state index in [1.165, 1.54) is 12.1 Å². The van der Waals surface area contributed by atoms with Crippen LogP contribution in [0.1, 0.15) is 22.1 Å². The summed E-state index contributed by atoms with van der Waals surface area (Å²) in [4.78, 5) is 14.4. The molecule has 1 heterocycles. The molecule has 0 radical (unpaired) electrons. The van der Waals surface area contributed by atoms with Crippen molar-refractivity contribution in [2.24, 2.45) is 0 Å². The van der Waals surface area contributed by atoms with Crippen molar-refractivity contribution in [3.63, 3.8) is 0 Å². The minimum atomic E-state index is -0.323. The molecule has 5 nitrogen and oxygen atoms in total. The van der Waals surface area contributed by atoms with Gasteiger partial charge in [0.25, 0.3) is 5.91 Å². The average molecular weight is 432 g/mol. The third-order valence-electron chi connectivity index (χ3n) is 4.21. The predicted octanol–water partition coefficient (Wildman–Crippen LogP) is 4.28. The lowest BCUT2D eigenvalue weighted by Gasteiger charge is -2.25. The Hall–Kier alpha value is -2.51. The summed E-state index contributed by atoms with van der Waals surface area (Å²) >= 11 is 3.38. The molecule has 0 saturated carbocycles. The summed E-state index contributed by atoms with van der Waals surface area (Å²) in [6.07, 6.45) is 0. The lowest BCUT2D eigenvalue weighted by Crippen LogP contribution is -2.34. The van der Waals surface area contributed by atoms with E-state index in [0.29, 0.717) is 12.3 Å². The minimum absolute atomic E-state index is 0.0904. The van der Waals surface area contributed by atoms with Gasteiger partial charge in [-0.2, -0.15) is 0 Å². The van der Waals surface area contributed by atoms with Gasteiger partial charge in [0.15, 0.2) is 11.5 Å². The van der Waals surface area contributed by atoms with Crippen LogP contribution in [0.5, 0.6) is 0 Å². The lowest BCUT2D eigenvalue weighted by molar-refractivity contribution is 0.0933. The number of likely N-dealkylation sites (N-methyl/N-ethyl adjacent to an activating group) is 1. The summed E-state index contributed by atoms with van der Waals surface area (Å²) in [6, 6.07) is 15.3. The largest absolute Gasteiger partial charge is 0.355 e. The molecule has 7 heteroatoms. The van der Waals surface area contributed by atoms with Gasteiger partial charge in [0.1, 0.15) is 5.82 Å². The molecule has 27 heavy (non-hydrogen) atoms. The molecular weight excluding hydrogens is 413 g/mol. The van der Waals surface area contributed by atoms with Gasteiger partial charge >= 0.3 is 0 Å². The van der Waals surface area contributed by atoms with Gasteiger partial charge in [-0.05, 0) is 43.9 Å². The first-order valence-corrected chi connectivity index (χ1v) is 9.16. The van der Waals surface area contributed by atoms with Gasteiger partial charge in [-0.3, -0.25) is 4.79 Å². The van der Waals surface area contributed by atoms with Gasteiger partial charge in [0.2, 0.25) is 0 Å². The number of rotatable bonds is 6. The molecule has 2 aromatic carbocycles. The first-order chi connectivity index (χ1) is 12.9. The molecule has 1 amide bonds. The van der Waals surface area contributed by atoms with Crippen LogP contribution in [-0.4, -0.2) is 36.6 Å². The highest BCUT2D eigenvalue weighted by Gasteiger charge is 2.18. The van der Waals surface area contributed by atoms with E-state index in [9.17, 15) is 9.18 Å². The highest BCUT2D eigenvalue weighted by atomic mass is 79.9. The summed E-state index contributed by atoms with van der Waals surface area (Å²) in [7, 11) is 3.81. The van der Waals surface area contributed by atoms with Crippen molar-refractivity contribution in [1.82, 2.24) is 15.4 Å². The van der Waals surface area contributed by atoms with Crippen molar-refractivity contribution in [3.8, 4) is 11.3 Å². The van der Waals surface area contributed by atoms with E-state index in [-0.39, 0.29) is 23.5 Å². The number of hydrogen-bond donors (Lipinski definition) is 1. The molecule has 0 saturated heterocycles. The number of benzene rings is 2. The van der Waals surface area contributed by atoms with Crippen LogP contribution in [0.15, 0.2) is 63.6 Å². The number of aromatic nitrogens is 1. The molecule has 1 atom stereocenters. The highest BCUT2D eigenvalue weighted by Crippen LogP contribution is 2.23. The first kappa shape index (κ1) is 19.3. The van der Waals surface area contributed by atoms with E-state index in [4.69, 9.17) is 4.52 Å². The molecule has 140 valence electrons. The normalized spacial score (nSPS) is 12.2. The third-order valence-corrected chi connectivity index (χ3v) is 4.73. The summed E-state index contributed by atoms with van der Waals surface area (Å²) in [6.45, 7) is 0.359. The van der Waals surface area contributed by atoms with Gasteiger partial charge < -0.3 is 14.7 Å². The summed E-state index contributed by atoms with van der Waals surface area (Å²) in [5, 5.41) is 6.72. The summed E-state index contributed by atoms with van der Waals surface area (Å²) in [5.74, 6) is -0.0882. The molecular formula is C20H19BrFN3O2. The van der Waals surface area contributed by atoms with E-state index >= 15 is 0 Å². The van der Waals surface area contributed by atoms with Gasteiger partial charge in [0.05, 0.1) is 6.04 Å². The Morgan fingerprint density at radius 3 is 2.48 bits per heavy atom. The summed E-state index contributed by atoms with van der Waals surface area (Å²) < 4.78 is 19.4. The van der Waals surface area contributed by atoms with Crippen molar-refractivity contribution in [3.05, 3.63) is 76.1 Å². The maximum atomic E-state index is 13.1. The van der Waals surface area contributed by atoms with E-state index in [0.717, 1.165) is 15.6 Å². The minimum Gasteiger partial charge on any atom is -0.355 e.